The molecule has 0 bridgehead atoms. The van der Waals surface area contributed by atoms with Gasteiger partial charge in [-0.05, 0) is 36.4 Å². The smallest absolute Gasteiger partial charge is 0.459 e. The Kier molecular flexibility index (Phi) is 4.88. The Balaban J connectivity index is 1.92. The van der Waals surface area contributed by atoms with Crippen LogP contribution in [-0.2, 0) is 4.79 Å². The Labute approximate surface area is 162 Å². The monoisotopic (exact) mass is 437 g/mol. The van der Waals surface area contributed by atoms with Gasteiger partial charge in [-0.2, -0.15) is 13.2 Å². The molecule has 1 aromatic carbocycles. The molecule has 0 saturated carbocycles. The third-order valence-corrected chi connectivity index (χ3v) is 3.82. The summed E-state index contributed by atoms with van der Waals surface area (Å²) in [5, 5.41) is 2.78. The van der Waals surface area contributed by atoms with Crippen molar-refractivity contribution in [2.75, 3.05) is 4.90 Å². The second kappa shape index (κ2) is 6.96. The zero-order valence-electron chi connectivity index (χ0n) is 14.3. The van der Waals surface area contributed by atoms with Crippen LogP contribution in [0.3, 0.4) is 0 Å². The molecule has 14 heteroatoms. The number of urea groups is 1. The summed E-state index contributed by atoms with van der Waals surface area (Å²) in [6.45, 7) is 0. The van der Waals surface area contributed by atoms with E-state index in [0.717, 1.165) is 24.5 Å². The maximum Gasteiger partial charge on any atom is 0.573 e. The normalized spacial score (nSPS) is 19.6. The molecule has 1 unspecified atom stereocenters. The minimum absolute atomic E-state index is 0.0211. The molecule has 0 aliphatic carbocycles. The van der Waals surface area contributed by atoms with Crippen molar-refractivity contribution < 1.29 is 49.9 Å². The average Bonchev–Trinajstić information content (AvgIpc) is 3.22. The van der Waals surface area contributed by atoms with E-state index in [2.05, 4.69) is 9.15 Å². The van der Waals surface area contributed by atoms with Crippen LogP contribution in [0.15, 0.2) is 47.1 Å². The summed E-state index contributed by atoms with van der Waals surface area (Å²) in [6, 6.07) is 3.58. The minimum atomic E-state index is -5.48. The Hall–Kier alpha value is -3.71. The number of hydrogen-bond acceptors (Lipinski definition) is 5. The van der Waals surface area contributed by atoms with Crippen LogP contribution in [0.5, 0.6) is 5.75 Å². The van der Waals surface area contributed by atoms with Crippen molar-refractivity contribution in [2.24, 2.45) is 0 Å². The fourth-order valence-corrected chi connectivity index (χ4v) is 2.55. The van der Waals surface area contributed by atoms with Crippen molar-refractivity contribution in [3.8, 4) is 5.75 Å². The maximum absolute atomic E-state index is 13.7. The van der Waals surface area contributed by atoms with Crippen molar-refractivity contribution in [3.63, 3.8) is 0 Å². The predicted octanol–water partition coefficient (Wildman–Crippen LogP) is 2.92. The second-order valence-electron chi connectivity index (χ2n) is 5.79. The molecule has 1 aliphatic heterocycles. The lowest BCUT2D eigenvalue weighted by Crippen LogP contribution is -2.69. The molecular weight excluding hydrogens is 428 g/mol. The highest BCUT2D eigenvalue weighted by molar-refractivity contribution is 6.24. The lowest BCUT2D eigenvalue weighted by atomic mass is 10.1. The number of carbonyl (C=O) groups excluding carboxylic acids is 3. The molecule has 1 aliphatic rings. The van der Waals surface area contributed by atoms with E-state index in [1.807, 2.05) is 0 Å². The molecule has 0 radical (unpaired) electrons. The third kappa shape index (κ3) is 3.75. The van der Waals surface area contributed by atoms with Crippen LogP contribution in [0.25, 0.3) is 0 Å². The summed E-state index contributed by atoms with van der Waals surface area (Å²) in [5.41, 5.74) is -4.32. The summed E-state index contributed by atoms with van der Waals surface area (Å²) in [6.07, 6.45) is -9.50. The van der Waals surface area contributed by atoms with Gasteiger partial charge in [0.1, 0.15) is 5.75 Å². The van der Waals surface area contributed by atoms with Crippen molar-refractivity contribution in [2.45, 2.75) is 18.2 Å². The Morgan fingerprint density at radius 3 is 2.20 bits per heavy atom. The number of anilines is 1. The molecule has 1 aromatic heterocycles. The van der Waals surface area contributed by atoms with Crippen LogP contribution >= 0.6 is 0 Å². The number of amides is 4. The van der Waals surface area contributed by atoms with Gasteiger partial charge in [-0.25, -0.2) is 9.69 Å². The van der Waals surface area contributed by atoms with Gasteiger partial charge in [0.15, 0.2) is 5.76 Å². The number of ether oxygens (including phenoxy) is 1. The van der Waals surface area contributed by atoms with Crippen LogP contribution in [0.1, 0.15) is 10.6 Å². The molecule has 2 N–H and O–H groups in total. The van der Waals surface area contributed by atoms with Gasteiger partial charge in [0.2, 0.25) is 0 Å². The number of imide groups is 1. The van der Waals surface area contributed by atoms with Crippen molar-refractivity contribution in [1.29, 1.82) is 0 Å². The molecule has 30 heavy (non-hydrogen) atoms. The quantitative estimate of drug-likeness (QED) is 0.566. The van der Waals surface area contributed by atoms with E-state index < -0.39 is 53.2 Å². The van der Waals surface area contributed by atoms with E-state index in [1.165, 1.54) is 16.7 Å². The molecule has 2 heterocycles. The first-order valence-corrected chi connectivity index (χ1v) is 7.79. The first kappa shape index (κ1) is 21.0. The van der Waals surface area contributed by atoms with Crippen LogP contribution in [0.4, 0.5) is 36.8 Å². The minimum Gasteiger partial charge on any atom is -0.459 e. The SMILES string of the molecule is O=C(NC1(C(F)(F)F)NC(=O)N(c2ccc(OC(F)(F)F)cc2)C1=O)c1ccco1. The molecule has 0 spiro atoms. The Morgan fingerprint density at radius 2 is 1.70 bits per heavy atom. The van der Waals surface area contributed by atoms with E-state index >= 15 is 0 Å². The van der Waals surface area contributed by atoms with Gasteiger partial charge >= 0.3 is 18.6 Å². The van der Waals surface area contributed by atoms with E-state index in [-0.39, 0.29) is 4.90 Å². The van der Waals surface area contributed by atoms with Gasteiger partial charge in [-0.15, -0.1) is 13.2 Å². The highest BCUT2D eigenvalue weighted by atomic mass is 19.4. The number of carbonyl (C=O) groups is 3. The largest absolute Gasteiger partial charge is 0.573 e. The lowest BCUT2D eigenvalue weighted by Gasteiger charge is -2.29. The molecule has 4 amide bonds. The molecule has 1 atom stereocenters. The Bertz CT molecular complexity index is 971. The summed E-state index contributed by atoms with van der Waals surface area (Å²) in [4.78, 5) is 36.8. The number of benzene rings is 1. The van der Waals surface area contributed by atoms with Crippen molar-refractivity contribution in [3.05, 3.63) is 48.4 Å². The molecule has 160 valence electrons. The average molecular weight is 437 g/mol. The van der Waals surface area contributed by atoms with Gasteiger partial charge < -0.3 is 14.5 Å². The van der Waals surface area contributed by atoms with E-state index in [4.69, 9.17) is 0 Å². The number of rotatable bonds is 4. The van der Waals surface area contributed by atoms with Gasteiger partial charge in [-0.3, -0.25) is 14.9 Å². The summed E-state index contributed by atoms with van der Waals surface area (Å²) in [5.74, 6) is -4.66. The van der Waals surface area contributed by atoms with Crippen molar-refractivity contribution in [1.82, 2.24) is 10.6 Å². The van der Waals surface area contributed by atoms with Crippen LogP contribution in [0, 0.1) is 0 Å². The zero-order valence-corrected chi connectivity index (χ0v) is 14.3. The van der Waals surface area contributed by atoms with Gasteiger partial charge in [0, 0.05) is 0 Å². The van der Waals surface area contributed by atoms with Gasteiger partial charge in [0.05, 0.1) is 12.0 Å². The number of nitrogens with zero attached hydrogens (tertiary/aromatic N) is 1. The number of halogens is 6. The van der Waals surface area contributed by atoms with Crippen molar-refractivity contribution >= 4 is 23.5 Å². The number of alkyl halides is 6. The lowest BCUT2D eigenvalue weighted by molar-refractivity contribution is -0.274. The maximum atomic E-state index is 13.7. The fourth-order valence-electron chi connectivity index (χ4n) is 2.55. The van der Waals surface area contributed by atoms with Gasteiger partial charge in [-0.1, -0.05) is 0 Å². The van der Waals surface area contributed by atoms with E-state index in [9.17, 15) is 40.7 Å². The van der Waals surface area contributed by atoms with E-state index in [0.29, 0.717) is 12.1 Å². The topological polar surface area (TPSA) is 101 Å². The molecule has 1 saturated heterocycles. The summed E-state index contributed by atoms with van der Waals surface area (Å²) in [7, 11) is 0. The molecule has 2 aromatic rings. The fraction of sp³-hybridized carbons (Fsp3) is 0.188. The number of hydrogen-bond donors (Lipinski definition) is 2. The molecule has 3 rings (SSSR count). The van der Waals surface area contributed by atoms with Crippen LogP contribution in [-0.4, -0.2) is 36.0 Å². The zero-order chi connectivity index (χ0) is 22.3. The third-order valence-electron chi connectivity index (χ3n) is 3.82. The highest BCUT2D eigenvalue weighted by Gasteiger charge is 2.69. The van der Waals surface area contributed by atoms with E-state index in [1.54, 1.807) is 0 Å². The number of nitrogens with one attached hydrogen (secondary N) is 2. The predicted molar refractivity (Wildman–Crippen MR) is 84.1 cm³/mol. The molecular formula is C16H9F6N3O5. The highest BCUT2D eigenvalue weighted by Crippen LogP contribution is 2.36. The van der Waals surface area contributed by atoms with Crippen LogP contribution < -0.4 is 20.3 Å². The first-order chi connectivity index (χ1) is 13.8. The molecule has 8 nitrogen and oxygen atoms in total. The summed E-state index contributed by atoms with van der Waals surface area (Å²) >= 11 is 0. The number of furan rings is 1. The second-order valence-corrected chi connectivity index (χ2v) is 5.79. The van der Waals surface area contributed by atoms with Crippen LogP contribution in [0.2, 0.25) is 0 Å². The standard InChI is InChI=1S/C16H9F6N3O5/c17-15(18,19)14(23-11(26)10-2-1-7-29-10)12(27)25(13(28)24-14)8-3-5-9(6-4-8)30-16(20,21)22/h1-7H,(H,23,26)(H,24,28). The molecule has 1 fully saturated rings. The first-order valence-electron chi connectivity index (χ1n) is 7.79. The Morgan fingerprint density at radius 1 is 1.07 bits per heavy atom. The summed E-state index contributed by atoms with van der Waals surface area (Å²) < 4.78 is 86.1. The van der Waals surface area contributed by atoms with Gasteiger partial charge in [0.25, 0.3) is 17.5 Å².